The average Bonchev–Trinajstić information content (AvgIpc) is 3.26. The summed E-state index contributed by atoms with van der Waals surface area (Å²) in [5.41, 5.74) is 3.60. The van der Waals surface area contributed by atoms with Crippen LogP contribution in [0.2, 0.25) is 0 Å². The highest BCUT2D eigenvalue weighted by molar-refractivity contribution is 7.13. The van der Waals surface area contributed by atoms with Gasteiger partial charge in [-0.2, -0.15) is 0 Å². The van der Waals surface area contributed by atoms with Crippen LogP contribution in [0.3, 0.4) is 0 Å². The standard InChI is InChI=1S/C20H18N4OS/c1-2-24-12-17(16-9-6-10-21-19(16)24)20-23-15(13-26-20)11-18(25)22-14-7-4-3-5-8-14/h3-10,12-13H,2,11H2,1H3,(H,22,25). The molecule has 0 saturated heterocycles. The van der Waals surface area contributed by atoms with E-state index in [1.807, 2.05) is 41.8 Å². The molecule has 3 heterocycles. The SMILES string of the molecule is CCn1cc(-c2nc(CC(=O)Nc3ccccc3)cs2)c2cccnc21. The van der Waals surface area contributed by atoms with Crippen LogP contribution in [0.1, 0.15) is 12.6 Å². The summed E-state index contributed by atoms with van der Waals surface area (Å²) in [5, 5.41) is 6.85. The Labute approximate surface area is 155 Å². The number of amides is 1. The van der Waals surface area contributed by atoms with Crippen LogP contribution in [0, 0.1) is 0 Å². The average molecular weight is 362 g/mol. The first-order chi connectivity index (χ1) is 12.7. The second-order valence-electron chi connectivity index (χ2n) is 5.94. The number of aromatic nitrogens is 3. The lowest BCUT2D eigenvalue weighted by atomic mass is 10.2. The summed E-state index contributed by atoms with van der Waals surface area (Å²) < 4.78 is 2.12. The molecule has 1 aromatic carbocycles. The molecule has 0 fully saturated rings. The molecule has 0 radical (unpaired) electrons. The van der Waals surface area contributed by atoms with Crippen LogP contribution in [0.5, 0.6) is 0 Å². The number of fused-ring (bicyclic) bond motifs is 1. The summed E-state index contributed by atoms with van der Waals surface area (Å²) in [6.07, 6.45) is 4.15. The fourth-order valence-corrected chi connectivity index (χ4v) is 3.78. The van der Waals surface area contributed by atoms with Gasteiger partial charge in [0.1, 0.15) is 10.7 Å². The van der Waals surface area contributed by atoms with Crippen LogP contribution < -0.4 is 5.32 Å². The van der Waals surface area contributed by atoms with Crippen molar-refractivity contribution in [1.82, 2.24) is 14.5 Å². The van der Waals surface area contributed by atoms with Crippen LogP contribution in [0.15, 0.2) is 60.2 Å². The van der Waals surface area contributed by atoms with Gasteiger partial charge >= 0.3 is 0 Å². The maximum Gasteiger partial charge on any atom is 0.230 e. The Kier molecular flexibility index (Phi) is 4.50. The summed E-state index contributed by atoms with van der Waals surface area (Å²) in [6, 6.07) is 13.5. The Balaban J connectivity index is 1.56. The van der Waals surface area contributed by atoms with Gasteiger partial charge in [0.25, 0.3) is 0 Å². The van der Waals surface area contributed by atoms with Crippen LogP contribution in [-0.2, 0) is 17.8 Å². The van der Waals surface area contributed by atoms with Gasteiger partial charge in [-0.15, -0.1) is 11.3 Å². The van der Waals surface area contributed by atoms with Crippen molar-refractivity contribution in [3.63, 3.8) is 0 Å². The Hall–Kier alpha value is -2.99. The predicted molar refractivity (Wildman–Crippen MR) is 105 cm³/mol. The molecule has 6 heteroatoms. The van der Waals surface area contributed by atoms with E-state index < -0.39 is 0 Å². The first-order valence-electron chi connectivity index (χ1n) is 8.48. The molecule has 4 rings (SSSR count). The maximum atomic E-state index is 12.2. The number of thiazole rings is 1. The van der Waals surface area contributed by atoms with E-state index in [-0.39, 0.29) is 12.3 Å². The molecule has 0 unspecified atom stereocenters. The molecule has 1 N–H and O–H groups in total. The minimum Gasteiger partial charge on any atom is -0.332 e. The number of benzene rings is 1. The highest BCUT2D eigenvalue weighted by Gasteiger charge is 2.14. The number of para-hydroxylation sites is 1. The highest BCUT2D eigenvalue weighted by atomic mass is 32.1. The van der Waals surface area contributed by atoms with Crippen molar-refractivity contribution in [2.45, 2.75) is 19.9 Å². The molecule has 0 aliphatic carbocycles. The van der Waals surface area contributed by atoms with Gasteiger partial charge in [-0.1, -0.05) is 18.2 Å². The topological polar surface area (TPSA) is 59.8 Å². The van der Waals surface area contributed by atoms with Gasteiger partial charge in [-0.3, -0.25) is 4.79 Å². The zero-order valence-corrected chi connectivity index (χ0v) is 15.2. The summed E-state index contributed by atoms with van der Waals surface area (Å²) in [5.74, 6) is -0.0642. The lowest BCUT2D eigenvalue weighted by Crippen LogP contribution is -2.14. The van der Waals surface area contributed by atoms with E-state index in [2.05, 4.69) is 39.0 Å². The molecule has 1 amide bonds. The van der Waals surface area contributed by atoms with Crippen LogP contribution in [0.25, 0.3) is 21.6 Å². The molecule has 0 aliphatic heterocycles. The second kappa shape index (κ2) is 7.09. The molecule has 5 nitrogen and oxygen atoms in total. The summed E-state index contributed by atoms with van der Waals surface area (Å²) in [7, 11) is 0. The number of carbonyl (C=O) groups is 1. The number of aryl methyl sites for hydroxylation is 1. The normalized spacial score (nSPS) is 11.0. The predicted octanol–water partition coefficient (Wildman–Crippen LogP) is 4.36. The quantitative estimate of drug-likeness (QED) is 0.574. The van der Waals surface area contributed by atoms with Gasteiger partial charge in [0.15, 0.2) is 0 Å². The third-order valence-corrected chi connectivity index (χ3v) is 5.08. The number of hydrogen-bond donors (Lipinski definition) is 1. The van der Waals surface area contributed by atoms with Gasteiger partial charge in [0.2, 0.25) is 5.91 Å². The molecular formula is C20H18N4OS. The molecular weight excluding hydrogens is 344 g/mol. The third kappa shape index (κ3) is 3.23. The van der Waals surface area contributed by atoms with E-state index in [1.54, 1.807) is 17.5 Å². The molecule has 4 aromatic rings. The number of rotatable bonds is 5. The zero-order chi connectivity index (χ0) is 17.9. The first-order valence-corrected chi connectivity index (χ1v) is 9.36. The lowest BCUT2D eigenvalue weighted by molar-refractivity contribution is -0.115. The second-order valence-corrected chi connectivity index (χ2v) is 6.80. The van der Waals surface area contributed by atoms with Crippen molar-refractivity contribution in [2.75, 3.05) is 5.32 Å². The van der Waals surface area contributed by atoms with Crippen LogP contribution in [0.4, 0.5) is 5.69 Å². The van der Waals surface area contributed by atoms with Crippen molar-refractivity contribution in [3.8, 4) is 10.6 Å². The van der Waals surface area contributed by atoms with E-state index in [0.717, 1.165) is 39.5 Å². The number of carbonyl (C=O) groups excluding carboxylic acids is 1. The fraction of sp³-hybridized carbons (Fsp3) is 0.150. The van der Waals surface area contributed by atoms with E-state index in [4.69, 9.17) is 0 Å². The Morgan fingerprint density at radius 3 is 2.85 bits per heavy atom. The summed E-state index contributed by atoms with van der Waals surface area (Å²) in [6.45, 7) is 2.95. The summed E-state index contributed by atoms with van der Waals surface area (Å²) in [4.78, 5) is 21.4. The minimum atomic E-state index is -0.0642. The smallest absolute Gasteiger partial charge is 0.230 e. The van der Waals surface area contributed by atoms with Gasteiger partial charge in [-0.05, 0) is 31.2 Å². The Morgan fingerprint density at radius 1 is 1.19 bits per heavy atom. The van der Waals surface area contributed by atoms with Crippen molar-refractivity contribution >= 4 is 34.0 Å². The van der Waals surface area contributed by atoms with Gasteiger partial charge in [0.05, 0.1) is 12.1 Å². The highest BCUT2D eigenvalue weighted by Crippen LogP contribution is 2.32. The molecule has 0 saturated carbocycles. The molecule has 0 atom stereocenters. The molecule has 0 spiro atoms. The lowest BCUT2D eigenvalue weighted by Gasteiger charge is -2.02. The number of hydrogen-bond acceptors (Lipinski definition) is 4. The van der Waals surface area contributed by atoms with E-state index in [1.165, 1.54) is 0 Å². The van der Waals surface area contributed by atoms with Crippen molar-refractivity contribution in [3.05, 3.63) is 65.9 Å². The third-order valence-electron chi connectivity index (χ3n) is 4.16. The zero-order valence-electron chi connectivity index (χ0n) is 14.3. The van der Waals surface area contributed by atoms with Crippen LogP contribution >= 0.6 is 11.3 Å². The van der Waals surface area contributed by atoms with Crippen molar-refractivity contribution in [2.24, 2.45) is 0 Å². The fourth-order valence-electron chi connectivity index (χ4n) is 2.94. The molecule has 26 heavy (non-hydrogen) atoms. The Morgan fingerprint density at radius 2 is 2.04 bits per heavy atom. The largest absolute Gasteiger partial charge is 0.332 e. The van der Waals surface area contributed by atoms with Crippen molar-refractivity contribution < 1.29 is 4.79 Å². The summed E-state index contributed by atoms with van der Waals surface area (Å²) >= 11 is 1.56. The monoisotopic (exact) mass is 362 g/mol. The Bertz CT molecular complexity index is 1050. The number of nitrogens with one attached hydrogen (secondary N) is 1. The van der Waals surface area contributed by atoms with E-state index >= 15 is 0 Å². The molecule has 3 aromatic heterocycles. The van der Waals surface area contributed by atoms with Gasteiger partial charge in [-0.25, -0.2) is 9.97 Å². The maximum absolute atomic E-state index is 12.2. The number of nitrogens with zero attached hydrogens (tertiary/aromatic N) is 3. The molecule has 130 valence electrons. The van der Waals surface area contributed by atoms with Crippen molar-refractivity contribution in [1.29, 1.82) is 0 Å². The van der Waals surface area contributed by atoms with Gasteiger partial charge in [0, 0.05) is 41.0 Å². The number of pyridine rings is 1. The number of anilines is 1. The van der Waals surface area contributed by atoms with Crippen LogP contribution in [-0.4, -0.2) is 20.4 Å². The van der Waals surface area contributed by atoms with E-state index in [9.17, 15) is 4.79 Å². The molecule has 0 aliphatic rings. The van der Waals surface area contributed by atoms with E-state index in [0.29, 0.717) is 0 Å². The first kappa shape index (κ1) is 16.5. The minimum absolute atomic E-state index is 0.0642. The molecule has 0 bridgehead atoms. The van der Waals surface area contributed by atoms with Gasteiger partial charge < -0.3 is 9.88 Å².